The SMILES string of the molecule is NC(=O)c1ccc(C(=O)NC2CCCC(C(F)(F)F)C2)cc1. The fraction of sp³-hybridized carbons (Fsp3) is 0.467. The molecule has 3 N–H and O–H groups in total. The third-order valence-electron chi connectivity index (χ3n) is 3.90. The van der Waals surface area contributed by atoms with E-state index in [-0.39, 0.29) is 18.4 Å². The Kier molecular flexibility index (Phi) is 4.73. The van der Waals surface area contributed by atoms with Gasteiger partial charge in [-0.25, -0.2) is 0 Å². The van der Waals surface area contributed by atoms with Gasteiger partial charge in [0.15, 0.2) is 0 Å². The largest absolute Gasteiger partial charge is 0.391 e. The van der Waals surface area contributed by atoms with Gasteiger partial charge in [0.2, 0.25) is 5.91 Å². The first kappa shape index (κ1) is 16.3. The molecule has 0 heterocycles. The minimum atomic E-state index is -4.22. The molecule has 22 heavy (non-hydrogen) atoms. The van der Waals surface area contributed by atoms with Gasteiger partial charge >= 0.3 is 6.18 Å². The second-order valence-corrected chi connectivity index (χ2v) is 5.52. The van der Waals surface area contributed by atoms with Crippen molar-refractivity contribution in [1.29, 1.82) is 0 Å². The van der Waals surface area contributed by atoms with Crippen molar-refractivity contribution in [1.82, 2.24) is 5.32 Å². The molecule has 1 aromatic rings. The fourth-order valence-electron chi connectivity index (χ4n) is 2.67. The Labute approximate surface area is 125 Å². The summed E-state index contributed by atoms with van der Waals surface area (Å²) in [7, 11) is 0. The Balaban J connectivity index is 1.98. The van der Waals surface area contributed by atoms with Gasteiger partial charge in [0.25, 0.3) is 5.91 Å². The van der Waals surface area contributed by atoms with Crippen molar-refractivity contribution in [2.45, 2.75) is 37.9 Å². The minimum Gasteiger partial charge on any atom is -0.366 e. The highest BCUT2D eigenvalue weighted by Crippen LogP contribution is 2.37. The first-order valence-electron chi connectivity index (χ1n) is 7.05. The van der Waals surface area contributed by atoms with Gasteiger partial charge < -0.3 is 11.1 Å². The van der Waals surface area contributed by atoms with E-state index >= 15 is 0 Å². The zero-order valence-corrected chi connectivity index (χ0v) is 11.8. The molecule has 120 valence electrons. The van der Waals surface area contributed by atoms with Gasteiger partial charge in [0.1, 0.15) is 0 Å². The lowest BCUT2D eigenvalue weighted by molar-refractivity contribution is -0.183. The van der Waals surface area contributed by atoms with Crippen molar-refractivity contribution < 1.29 is 22.8 Å². The van der Waals surface area contributed by atoms with Crippen molar-refractivity contribution in [3.63, 3.8) is 0 Å². The van der Waals surface area contributed by atoms with Crippen LogP contribution in [0.25, 0.3) is 0 Å². The number of primary amides is 1. The molecule has 1 aliphatic carbocycles. The summed E-state index contributed by atoms with van der Waals surface area (Å²) in [6.45, 7) is 0. The lowest BCUT2D eigenvalue weighted by atomic mass is 9.85. The number of alkyl halides is 3. The van der Waals surface area contributed by atoms with Crippen LogP contribution < -0.4 is 11.1 Å². The molecule has 0 spiro atoms. The standard InChI is InChI=1S/C15H17F3N2O2/c16-15(17,18)11-2-1-3-12(8-11)20-14(22)10-6-4-9(5-7-10)13(19)21/h4-7,11-12H,1-3,8H2,(H2,19,21)(H,20,22). The molecular formula is C15H17F3N2O2. The summed E-state index contributed by atoms with van der Waals surface area (Å²) in [5.74, 6) is -2.40. The smallest absolute Gasteiger partial charge is 0.366 e. The predicted molar refractivity (Wildman–Crippen MR) is 74.2 cm³/mol. The summed E-state index contributed by atoms with van der Waals surface area (Å²) >= 11 is 0. The molecule has 2 atom stereocenters. The maximum atomic E-state index is 12.7. The molecular weight excluding hydrogens is 297 g/mol. The van der Waals surface area contributed by atoms with Crippen LogP contribution in [0, 0.1) is 5.92 Å². The van der Waals surface area contributed by atoms with Crippen molar-refractivity contribution in [2.75, 3.05) is 0 Å². The van der Waals surface area contributed by atoms with Gasteiger partial charge in [-0.05, 0) is 43.5 Å². The normalized spacial score (nSPS) is 22.1. The summed E-state index contributed by atoms with van der Waals surface area (Å²) in [5.41, 5.74) is 5.66. The van der Waals surface area contributed by atoms with Crippen molar-refractivity contribution >= 4 is 11.8 Å². The molecule has 4 nitrogen and oxygen atoms in total. The van der Waals surface area contributed by atoms with Crippen LogP contribution in [0.3, 0.4) is 0 Å². The lowest BCUT2D eigenvalue weighted by Crippen LogP contribution is -2.41. The highest BCUT2D eigenvalue weighted by Gasteiger charge is 2.42. The van der Waals surface area contributed by atoms with E-state index in [1.165, 1.54) is 24.3 Å². The average Bonchev–Trinajstić information content (AvgIpc) is 2.46. The third-order valence-corrected chi connectivity index (χ3v) is 3.90. The molecule has 1 fully saturated rings. The van der Waals surface area contributed by atoms with Gasteiger partial charge in [-0.15, -0.1) is 0 Å². The van der Waals surface area contributed by atoms with Gasteiger partial charge in [0.05, 0.1) is 5.92 Å². The second-order valence-electron chi connectivity index (χ2n) is 5.52. The molecule has 0 bridgehead atoms. The van der Waals surface area contributed by atoms with Gasteiger partial charge in [-0.2, -0.15) is 13.2 Å². The Hall–Kier alpha value is -2.05. The number of carbonyl (C=O) groups excluding carboxylic acids is 2. The monoisotopic (exact) mass is 314 g/mol. The summed E-state index contributed by atoms with van der Waals surface area (Å²) in [6, 6.07) is 5.20. The van der Waals surface area contributed by atoms with Crippen LogP contribution in [0.1, 0.15) is 46.4 Å². The molecule has 2 amide bonds. The minimum absolute atomic E-state index is 0.0887. The molecule has 0 aliphatic heterocycles. The van der Waals surface area contributed by atoms with Crippen molar-refractivity contribution in [2.24, 2.45) is 11.7 Å². The molecule has 1 aromatic carbocycles. The lowest BCUT2D eigenvalue weighted by Gasteiger charge is -2.31. The number of hydrogen-bond acceptors (Lipinski definition) is 2. The van der Waals surface area contributed by atoms with Crippen LogP contribution >= 0.6 is 0 Å². The van der Waals surface area contributed by atoms with Crippen LogP contribution in [0.2, 0.25) is 0 Å². The molecule has 1 saturated carbocycles. The predicted octanol–water partition coefficient (Wildman–Crippen LogP) is 2.64. The Morgan fingerprint density at radius 3 is 2.23 bits per heavy atom. The van der Waals surface area contributed by atoms with E-state index in [4.69, 9.17) is 5.73 Å². The molecule has 0 radical (unpaired) electrons. The van der Waals surface area contributed by atoms with Crippen LogP contribution in [0.5, 0.6) is 0 Å². The first-order valence-corrected chi connectivity index (χ1v) is 7.05. The van der Waals surface area contributed by atoms with E-state index in [9.17, 15) is 22.8 Å². The van der Waals surface area contributed by atoms with Gasteiger partial charge in [0, 0.05) is 17.2 Å². The van der Waals surface area contributed by atoms with E-state index in [0.717, 1.165) is 0 Å². The summed E-state index contributed by atoms with van der Waals surface area (Å²) in [5, 5.41) is 2.63. The van der Waals surface area contributed by atoms with E-state index in [1.54, 1.807) is 0 Å². The summed E-state index contributed by atoms with van der Waals surface area (Å²) in [4.78, 5) is 23.0. The second kappa shape index (κ2) is 6.37. The number of benzene rings is 1. The highest BCUT2D eigenvalue weighted by atomic mass is 19.4. The quantitative estimate of drug-likeness (QED) is 0.900. The van der Waals surface area contributed by atoms with E-state index in [1.807, 2.05) is 0 Å². The Morgan fingerprint density at radius 1 is 1.09 bits per heavy atom. The fourth-order valence-corrected chi connectivity index (χ4v) is 2.67. The number of halogens is 3. The number of nitrogens with two attached hydrogens (primary N) is 1. The number of carbonyl (C=O) groups is 2. The van der Waals surface area contributed by atoms with Crippen LogP contribution in [0.4, 0.5) is 13.2 Å². The number of amides is 2. The summed E-state index contributed by atoms with van der Waals surface area (Å²) in [6.07, 6.45) is -3.21. The average molecular weight is 314 g/mol. The number of nitrogens with one attached hydrogen (secondary N) is 1. The molecule has 7 heteroatoms. The zero-order valence-electron chi connectivity index (χ0n) is 11.8. The van der Waals surface area contributed by atoms with Crippen LogP contribution in [0.15, 0.2) is 24.3 Å². The maximum absolute atomic E-state index is 12.7. The molecule has 2 rings (SSSR count). The van der Waals surface area contributed by atoms with E-state index in [2.05, 4.69) is 5.32 Å². The van der Waals surface area contributed by atoms with Crippen molar-refractivity contribution in [3.05, 3.63) is 35.4 Å². The Bertz CT molecular complexity index is 555. The zero-order chi connectivity index (χ0) is 16.3. The van der Waals surface area contributed by atoms with E-state index in [0.29, 0.717) is 18.4 Å². The first-order chi connectivity index (χ1) is 10.3. The molecule has 1 aliphatic rings. The van der Waals surface area contributed by atoms with E-state index < -0.39 is 30.0 Å². The summed E-state index contributed by atoms with van der Waals surface area (Å²) < 4.78 is 38.2. The van der Waals surface area contributed by atoms with Crippen LogP contribution in [-0.4, -0.2) is 24.0 Å². The van der Waals surface area contributed by atoms with Gasteiger partial charge in [-0.3, -0.25) is 9.59 Å². The topological polar surface area (TPSA) is 72.2 Å². The number of hydrogen-bond donors (Lipinski definition) is 2. The van der Waals surface area contributed by atoms with Gasteiger partial charge in [-0.1, -0.05) is 6.42 Å². The number of rotatable bonds is 3. The molecule has 0 saturated heterocycles. The van der Waals surface area contributed by atoms with Crippen LogP contribution in [-0.2, 0) is 0 Å². The third kappa shape index (κ3) is 3.99. The maximum Gasteiger partial charge on any atom is 0.391 e. The molecule has 2 unspecified atom stereocenters. The van der Waals surface area contributed by atoms with Crippen molar-refractivity contribution in [3.8, 4) is 0 Å². The highest BCUT2D eigenvalue weighted by molar-refractivity contribution is 5.97. The molecule has 0 aromatic heterocycles. The Morgan fingerprint density at radius 2 is 1.68 bits per heavy atom.